The van der Waals surface area contributed by atoms with E-state index in [1.807, 2.05) is 6.92 Å². The molecular weight excluding hydrogens is 236 g/mol. The lowest BCUT2D eigenvalue weighted by Crippen LogP contribution is -2.44. The molecule has 0 saturated heterocycles. The van der Waals surface area contributed by atoms with Gasteiger partial charge in [0.15, 0.2) is 5.78 Å². The lowest BCUT2D eigenvalue weighted by atomic mass is 10.1. The summed E-state index contributed by atoms with van der Waals surface area (Å²) < 4.78 is 6.44. The minimum atomic E-state index is -0.652. The first kappa shape index (κ1) is 14.4. The number of hydrogen-bond donors (Lipinski definition) is 1. The predicted octanol–water partition coefficient (Wildman–Crippen LogP) is 0.554. The summed E-state index contributed by atoms with van der Waals surface area (Å²) in [7, 11) is 0. The average Bonchev–Trinajstić information content (AvgIpc) is 2.23. The molecule has 100 valence electrons. The second-order valence-electron chi connectivity index (χ2n) is 4.65. The number of carbonyl (C=O) groups excluding carboxylic acids is 1. The highest BCUT2D eigenvalue weighted by molar-refractivity contribution is 5.93. The van der Waals surface area contributed by atoms with E-state index < -0.39 is 16.9 Å². The summed E-state index contributed by atoms with van der Waals surface area (Å²) in [6.07, 6.45) is 1.15. The lowest BCUT2D eigenvalue weighted by molar-refractivity contribution is -0.0239. The fourth-order valence-electron chi connectivity index (χ4n) is 1.72. The molecule has 0 bridgehead atoms. The quantitative estimate of drug-likeness (QED) is 0.778. The largest absolute Gasteiger partial charge is 0.374 e. The van der Waals surface area contributed by atoms with Gasteiger partial charge in [0.1, 0.15) is 0 Å². The highest BCUT2D eigenvalue weighted by Gasteiger charge is 2.22. The standard InChI is InChI=1S/C12H18N2O4/c1-5-18-12(3,4)7-14-10(16)9(8(2)15)6-13-11(14)17/h6H,5,7H2,1-4H3,(H,13,17). The normalized spacial score (nSPS) is 11.6. The van der Waals surface area contributed by atoms with E-state index in [-0.39, 0.29) is 17.9 Å². The van der Waals surface area contributed by atoms with E-state index >= 15 is 0 Å². The van der Waals surface area contributed by atoms with Crippen molar-refractivity contribution in [3.8, 4) is 0 Å². The molecule has 0 atom stereocenters. The van der Waals surface area contributed by atoms with Gasteiger partial charge >= 0.3 is 5.69 Å². The summed E-state index contributed by atoms with van der Waals surface area (Å²) in [5, 5.41) is 0. The Morgan fingerprint density at radius 1 is 1.44 bits per heavy atom. The van der Waals surface area contributed by atoms with Crippen LogP contribution in [0.15, 0.2) is 15.8 Å². The first-order chi connectivity index (χ1) is 8.28. The van der Waals surface area contributed by atoms with E-state index in [1.54, 1.807) is 13.8 Å². The van der Waals surface area contributed by atoms with E-state index in [2.05, 4.69) is 4.98 Å². The summed E-state index contributed by atoms with van der Waals surface area (Å²) >= 11 is 0. The van der Waals surface area contributed by atoms with Crippen molar-refractivity contribution >= 4 is 5.78 Å². The zero-order chi connectivity index (χ0) is 13.9. The number of carbonyl (C=O) groups is 1. The Morgan fingerprint density at radius 2 is 2.06 bits per heavy atom. The number of ketones is 1. The SMILES string of the molecule is CCOC(C)(C)Cn1c(=O)[nH]cc(C(C)=O)c1=O. The van der Waals surface area contributed by atoms with Crippen molar-refractivity contribution < 1.29 is 9.53 Å². The van der Waals surface area contributed by atoms with E-state index in [0.29, 0.717) is 6.61 Å². The van der Waals surface area contributed by atoms with Gasteiger partial charge in [0.05, 0.1) is 17.7 Å². The summed E-state index contributed by atoms with van der Waals surface area (Å²) in [6, 6.07) is 0. The number of hydrogen-bond acceptors (Lipinski definition) is 4. The van der Waals surface area contributed by atoms with Crippen LogP contribution in [0.1, 0.15) is 38.1 Å². The van der Waals surface area contributed by atoms with Crippen molar-refractivity contribution in [3.63, 3.8) is 0 Å². The number of Topliss-reactive ketones (excluding diaryl/α,β-unsaturated/α-hetero) is 1. The van der Waals surface area contributed by atoms with Crippen molar-refractivity contribution in [1.82, 2.24) is 9.55 Å². The summed E-state index contributed by atoms with van der Waals surface area (Å²) in [6.45, 7) is 7.25. The Morgan fingerprint density at radius 3 is 2.56 bits per heavy atom. The molecule has 1 N–H and O–H groups in total. The van der Waals surface area contributed by atoms with Gasteiger partial charge in [-0.2, -0.15) is 0 Å². The summed E-state index contributed by atoms with van der Waals surface area (Å²) in [4.78, 5) is 37.3. The van der Waals surface area contributed by atoms with Gasteiger partial charge in [-0.15, -0.1) is 0 Å². The highest BCUT2D eigenvalue weighted by Crippen LogP contribution is 2.10. The van der Waals surface area contributed by atoms with Gasteiger partial charge < -0.3 is 9.72 Å². The fraction of sp³-hybridized carbons (Fsp3) is 0.583. The number of nitrogens with one attached hydrogen (secondary N) is 1. The maximum atomic E-state index is 12.0. The molecule has 0 spiro atoms. The Bertz CT molecular complexity index is 554. The third kappa shape index (κ3) is 3.16. The average molecular weight is 254 g/mol. The van der Waals surface area contributed by atoms with Crippen LogP contribution in [0.2, 0.25) is 0 Å². The maximum absolute atomic E-state index is 12.0. The van der Waals surface area contributed by atoms with Crippen LogP contribution < -0.4 is 11.2 Å². The summed E-state index contributed by atoms with van der Waals surface area (Å²) in [5.74, 6) is -0.376. The molecule has 0 aliphatic rings. The van der Waals surface area contributed by atoms with Crippen LogP contribution in [0.4, 0.5) is 0 Å². The number of aromatic amines is 1. The van der Waals surface area contributed by atoms with E-state index in [0.717, 1.165) is 10.8 Å². The first-order valence-corrected chi connectivity index (χ1v) is 5.76. The molecular formula is C12H18N2O4. The number of ether oxygens (including phenoxy) is 1. The Labute approximate surface area is 105 Å². The Kier molecular flexibility index (Phi) is 4.24. The zero-order valence-electron chi connectivity index (χ0n) is 11.1. The number of rotatable bonds is 5. The first-order valence-electron chi connectivity index (χ1n) is 5.76. The molecule has 1 aromatic rings. The van der Waals surface area contributed by atoms with Gasteiger partial charge in [0, 0.05) is 12.8 Å². The number of aromatic nitrogens is 2. The molecule has 0 saturated carbocycles. The molecule has 1 aromatic heterocycles. The van der Waals surface area contributed by atoms with Gasteiger partial charge in [0.25, 0.3) is 5.56 Å². The Balaban J connectivity index is 3.25. The lowest BCUT2D eigenvalue weighted by Gasteiger charge is -2.24. The molecule has 0 aliphatic heterocycles. The number of nitrogens with zero attached hydrogens (tertiary/aromatic N) is 1. The minimum Gasteiger partial charge on any atom is -0.374 e. The van der Waals surface area contributed by atoms with Crippen molar-refractivity contribution in [2.75, 3.05) is 6.61 Å². The van der Waals surface area contributed by atoms with Gasteiger partial charge in [-0.3, -0.25) is 14.2 Å². The highest BCUT2D eigenvalue weighted by atomic mass is 16.5. The predicted molar refractivity (Wildman–Crippen MR) is 67.0 cm³/mol. The molecule has 6 nitrogen and oxygen atoms in total. The third-order valence-electron chi connectivity index (χ3n) is 2.51. The van der Waals surface area contributed by atoms with Crippen molar-refractivity contribution in [2.45, 2.75) is 39.8 Å². The van der Waals surface area contributed by atoms with Crippen molar-refractivity contribution in [2.24, 2.45) is 0 Å². The van der Waals surface area contributed by atoms with Crippen LogP contribution in [-0.4, -0.2) is 27.5 Å². The molecule has 0 aromatic carbocycles. The second-order valence-corrected chi connectivity index (χ2v) is 4.65. The Hall–Kier alpha value is -1.69. The topological polar surface area (TPSA) is 81.2 Å². The molecule has 18 heavy (non-hydrogen) atoms. The molecule has 0 unspecified atom stereocenters. The zero-order valence-corrected chi connectivity index (χ0v) is 11.1. The van der Waals surface area contributed by atoms with E-state index in [1.165, 1.54) is 6.92 Å². The fourth-order valence-corrected chi connectivity index (χ4v) is 1.72. The van der Waals surface area contributed by atoms with E-state index in [4.69, 9.17) is 4.74 Å². The van der Waals surface area contributed by atoms with Crippen LogP contribution >= 0.6 is 0 Å². The van der Waals surface area contributed by atoms with Crippen molar-refractivity contribution in [1.29, 1.82) is 0 Å². The third-order valence-corrected chi connectivity index (χ3v) is 2.51. The summed E-state index contributed by atoms with van der Waals surface area (Å²) in [5.41, 5.74) is -1.81. The van der Waals surface area contributed by atoms with Crippen LogP contribution in [0.5, 0.6) is 0 Å². The van der Waals surface area contributed by atoms with Crippen molar-refractivity contribution in [3.05, 3.63) is 32.6 Å². The van der Waals surface area contributed by atoms with E-state index in [9.17, 15) is 14.4 Å². The van der Waals surface area contributed by atoms with Gasteiger partial charge in [-0.25, -0.2) is 4.79 Å². The molecule has 0 fully saturated rings. The van der Waals surface area contributed by atoms with Crippen LogP contribution in [0.25, 0.3) is 0 Å². The molecule has 1 rings (SSSR count). The van der Waals surface area contributed by atoms with Crippen LogP contribution in [0, 0.1) is 0 Å². The maximum Gasteiger partial charge on any atom is 0.328 e. The van der Waals surface area contributed by atoms with Gasteiger partial charge in [0.2, 0.25) is 0 Å². The smallest absolute Gasteiger partial charge is 0.328 e. The molecule has 0 amide bonds. The monoisotopic (exact) mass is 254 g/mol. The van der Waals surface area contributed by atoms with Gasteiger partial charge in [-0.05, 0) is 27.7 Å². The van der Waals surface area contributed by atoms with Crippen LogP contribution in [0.3, 0.4) is 0 Å². The molecule has 0 radical (unpaired) electrons. The number of H-pyrrole nitrogens is 1. The minimum absolute atomic E-state index is 0.0260. The molecule has 0 aliphatic carbocycles. The van der Waals surface area contributed by atoms with Crippen LogP contribution in [-0.2, 0) is 11.3 Å². The molecule has 6 heteroatoms. The second kappa shape index (κ2) is 5.30. The molecule has 1 heterocycles. The van der Waals surface area contributed by atoms with Gasteiger partial charge in [-0.1, -0.05) is 0 Å².